The molecule has 2 atom stereocenters. The van der Waals surface area contributed by atoms with Crippen LogP contribution in [0.25, 0.3) is 0 Å². The summed E-state index contributed by atoms with van der Waals surface area (Å²) in [5.74, 6) is 0.499. The van der Waals surface area contributed by atoms with Gasteiger partial charge in [0.1, 0.15) is 11.5 Å². The second-order valence-corrected chi connectivity index (χ2v) is 10.9. The third kappa shape index (κ3) is 12.8. The molecule has 2 aromatic rings. The van der Waals surface area contributed by atoms with Crippen molar-refractivity contribution in [1.29, 1.82) is 0 Å². The summed E-state index contributed by atoms with van der Waals surface area (Å²) in [7, 11) is -8.26. The molecule has 0 radical (unpaired) electrons. The van der Waals surface area contributed by atoms with E-state index in [2.05, 4.69) is 6.64 Å². The van der Waals surface area contributed by atoms with Gasteiger partial charge in [0.15, 0.2) is 0 Å². The molecule has 0 aromatic heterocycles. The van der Waals surface area contributed by atoms with Gasteiger partial charge in [0.2, 0.25) is 0 Å². The standard InChI is InChI=1S/C18H24O10P2.C2H4O2.O.Ti/c1-3-21-27-29(19,25-17-11-7-5-8-12-17)23-15-16-24-30(20,28-22-4-2)26-18-13-9-6-10-14-18;3-1-2-4;;/h5-14H,3-4,15-16H2,1-2H3;1-2H2;;/q;-2;;+2. The quantitative estimate of drug-likeness (QED) is 0.0892. The van der Waals surface area contributed by atoms with Gasteiger partial charge in [-0.2, -0.15) is 0 Å². The molecule has 0 N–H and O–H groups in total. The van der Waals surface area contributed by atoms with E-state index in [1.165, 1.54) is 0 Å². The van der Waals surface area contributed by atoms with Crippen LogP contribution in [0, 0.1) is 0 Å². The Morgan fingerprint density at radius 1 is 0.722 bits per heavy atom. The minimum atomic E-state index is -4.13. The van der Waals surface area contributed by atoms with Crippen molar-refractivity contribution >= 4 is 15.6 Å². The van der Waals surface area contributed by atoms with Crippen molar-refractivity contribution in [2.75, 3.05) is 39.6 Å². The van der Waals surface area contributed by atoms with Crippen LogP contribution in [0.1, 0.15) is 13.8 Å². The Balaban J connectivity index is 0.000000662. The Bertz CT molecular complexity index is 903. The van der Waals surface area contributed by atoms with Crippen LogP contribution in [0.3, 0.4) is 0 Å². The van der Waals surface area contributed by atoms with Crippen molar-refractivity contribution in [3.63, 3.8) is 0 Å². The molecule has 36 heavy (non-hydrogen) atoms. The summed E-state index contributed by atoms with van der Waals surface area (Å²) in [6.07, 6.45) is 0. The fraction of sp³-hybridized carbons (Fsp3) is 0.400. The van der Waals surface area contributed by atoms with Crippen LogP contribution in [0.5, 0.6) is 11.5 Å². The molecule has 1 heterocycles. The molecule has 0 spiro atoms. The van der Waals surface area contributed by atoms with E-state index in [0.29, 0.717) is 13.2 Å². The number of benzene rings is 2. The van der Waals surface area contributed by atoms with E-state index in [0.717, 1.165) is 0 Å². The zero-order valence-electron chi connectivity index (χ0n) is 19.7. The van der Waals surface area contributed by atoms with Crippen LogP contribution in [-0.2, 0) is 65.9 Å². The third-order valence-electron chi connectivity index (χ3n) is 3.55. The zero-order valence-corrected chi connectivity index (χ0v) is 23.1. The number of phosphoric ester groups is 2. The summed E-state index contributed by atoms with van der Waals surface area (Å²) >= 11 is -2.52. The summed E-state index contributed by atoms with van der Waals surface area (Å²) in [5, 5.41) is 0. The summed E-state index contributed by atoms with van der Waals surface area (Å²) in [6.45, 7) is 3.88. The average Bonchev–Trinajstić information content (AvgIpc) is 3.37. The van der Waals surface area contributed by atoms with Crippen LogP contribution in [0.15, 0.2) is 60.7 Å². The molecule has 1 saturated heterocycles. The minimum absolute atomic E-state index is 0.115. The second-order valence-electron chi connectivity index (χ2n) is 6.28. The van der Waals surface area contributed by atoms with E-state index in [1.54, 1.807) is 74.5 Å². The molecule has 1 aliphatic rings. The monoisotopic (exact) mass is 586 g/mol. The fourth-order valence-corrected chi connectivity index (χ4v) is 5.16. The van der Waals surface area contributed by atoms with Gasteiger partial charge >= 0.3 is 57.4 Å². The summed E-state index contributed by atoms with van der Waals surface area (Å²) in [4.78, 5) is 9.45. The molecule has 13 nitrogen and oxygen atoms in total. The molecule has 0 aliphatic carbocycles. The van der Waals surface area contributed by atoms with E-state index in [9.17, 15) is 12.5 Å². The van der Waals surface area contributed by atoms with Crippen LogP contribution in [-0.4, -0.2) is 39.6 Å². The van der Waals surface area contributed by atoms with Crippen molar-refractivity contribution in [1.82, 2.24) is 0 Å². The predicted molar refractivity (Wildman–Crippen MR) is 119 cm³/mol. The molecular formula is C20H28O13P2Ti. The maximum atomic E-state index is 12.7. The van der Waals surface area contributed by atoms with Gasteiger partial charge in [-0.1, -0.05) is 36.4 Å². The molecular weight excluding hydrogens is 558 g/mol. The van der Waals surface area contributed by atoms with E-state index >= 15 is 0 Å². The second kappa shape index (κ2) is 17.2. The molecule has 200 valence electrons. The van der Waals surface area contributed by atoms with E-state index < -0.39 is 34.3 Å². The normalized spacial score (nSPS) is 16.3. The Kier molecular flexibility index (Phi) is 14.8. The van der Waals surface area contributed by atoms with Gasteiger partial charge in [0.05, 0.1) is 26.4 Å². The van der Waals surface area contributed by atoms with Gasteiger partial charge in [0, 0.05) is 0 Å². The van der Waals surface area contributed by atoms with Crippen LogP contribution >= 0.6 is 15.6 Å². The Morgan fingerprint density at radius 3 is 1.42 bits per heavy atom. The SMILES string of the molecule is CCOOP(=O)(OCCOP(=O)(OOCC)Oc1ccccc1)Oc1ccccc1.[O]=[Ti]1[O]CC[O]1. The van der Waals surface area contributed by atoms with Crippen LogP contribution < -0.4 is 9.05 Å². The van der Waals surface area contributed by atoms with E-state index in [4.69, 9.17) is 37.2 Å². The summed E-state index contributed by atoms with van der Waals surface area (Å²) in [6, 6.07) is 16.5. The maximum absolute atomic E-state index is 12.7. The van der Waals surface area contributed by atoms with Gasteiger partial charge in [-0.05, 0) is 38.1 Å². The Morgan fingerprint density at radius 2 is 1.11 bits per heavy atom. The number of phosphoric acid groups is 2. The molecule has 2 aromatic carbocycles. The molecule has 1 aliphatic heterocycles. The number of hydrogen-bond donors (Lipinski definition) is 0. The van der Waals surface area contributed by atoms with Crippen LogP contribution in [0.4, 0.5) is 0 Å². The topological polar surface area (TPSA) is 144 Å². The number of hydrogen-bond acceptors (Lipinski definition) is 13. The first-order valence-corrected chi connectivity index (χ1v) is 15.6. The molecule has 16 heteroatoms. The number of para-hydroxylation sites is 2. The van der Waals surface area contributed by atoms with Crippen molar-refractivity contribution in [2.45, 2.75) is 13.8 Å². The number of rotatable bonds is 15. The van der Waals surface area contributed by atoms with Crippen molar-refractivity contribution in [3.8, 4) is 11.5 Å². The fourth-order valence-electron chi connectivity index (χ4n) is 2.17. The first kappa shape index (κ1) is 30.9. The van der Waals surface area contributed by atoms with Gasteiger partial charge < -0.3 is 9.05 Å². The Hall–Kier alpha value is -1.31. The predicted octanol–water partition coefficient (Wildman–Crippen LogP) is 5.16. The summed E-state index contributed by atoms with van der Waals surface area (Å²) in [5.41, 5.74) is 0. The van der Waals surface area contributed by atoms with E-state index in [-0.39, 0.29) is 37.9 Å². The van der Waals surface area contributed by atoms with E-state index in [1.807, 2.05) is 0 Å². The first-order chi connectivity index (χ1) is 17.4. The van der Waals surface area contributed by atoms with Crippen LogP contribution in [0.2, 0.25) is 0 Å². The Labute approximate surface area is 216 Å². The molecule has 1 fully saturated rings. The van der Waals surface area contributed by atoms with Gasteiger partial charge in [-0.3, -0.25) is 9.05 Å². The molecule has 3 rings (SSSR count). The average molecular weight is 586 g/mol. The van der Waals surface area contributed by atoms with Gasteiger partial charge in [-0.15, -0.1) is 9.35 Å². The molecule has 2 unspecified atom stereocenters. The zero-order chi connectivity index (χ0) is 26.1. The molecule has 0 bridgehead atoms. The van der Waals surface area contributed by atoms with Crippen molar-refractivity contribution < 1.29 is 74.9 Å². The van der Waals surface area contributed by atoms with Crippen molar-refractivity contribution in [3.05, 3.63) is 60.7 Å². The third-order valence-corrected chi connectivity index (χ3v) is 7.37. The first-order valence-electron chi connectivity index (χ1n) is 10.8. The van der Waals surface area contributed by atoms with Gasteiger partial charge in [0.25, 0.3) is 0 Å². The molecule has 0 saturated carbocycles. The van der Waals surface area contributed by atoms with Crippen molar-refractivity contribution in [2.24, 2.45) is 0 Å². The molecule has 0 amide bonds. The summed E-state index contributed by atoms with van der Waals surface area (Å²) < 4.78 is 75.0. The van der Waals surface area contributed by atoms with Gasteiger partial charge in [-0.25, -0.2) is 18.9 Å².